The Morgan fingerprint density at radius 3 is 3.07 bits per heavy atom. The zero-order valence-electron chi connectivity index (χ0n) is 16.4. The number of nitrogens with one attached hydrogen (secondary N) is 1. The summed E-state index contributed by atoms with van der Waals surface area (Å²) in [6, 6.07) is 14.8. The average Bonchev–Trinajstić information content (AvgIpc) is 3.29. The van der Waals surface area contributed by atoms with E-state index < -0.39 is 0 Å². The molecule has 2 aliphatic rings. The lowest BCUT2D eigenvalue weighted by Crippen LogP contribution is -2.30. The summed E-state index contributed by atoms with van der Waals surface area (Å²) in [6.07, 6.45) is 6.28. The summed E-state index contributed by atoms with van der Waals surface area (Å²) in [5, 5.41) is 5.48. The van der Waals surface area contributed by atoms with Crippen LogP contribution in [0.4, 0.5) is 5.69 Å². The first-order chi connectivity index (χ1) is 14.3. The van der Waals surface area contributed by atoms with Crippen LogP contribution in [0.5, 0.6) is 0 Å². The normalized spacial score (nSPS) is 19.2. The summed E-state index contributed by atoms with van der Waals surface area (Å²) < 4.78 is 5.49. The number of benzene rings is 2. The van der Waals surface area contributed by atoms with Crippen molar-refractivity contribution in [3.8, 4) is 0 Å². The smallest absolute Gasteiger partial charge is 0.253 e. The van der Waals surface area contributed by atoms with E-state index in [1.807, 2.05) is 18.5 Å². The Kier molecular flexibility index (Phi) is 5.00. The van der Waals surface area contributed by atoms with Gasteiger partial charge in [0.2, 0.25) is 0 Å². The van der Waals surface area contributed by atoms with Crippen LogP contribution in [-0.4, -0.2) is 35.0 Å². The van der Waals surface area contributed by atoms with Gasteiger partial charge in [0, 0.05) is 49.7 Å². The molecule has 5 rings (SSSR count). The Hall–Kier alpha value is -2.76. The van der Waals surface area contributed by atoms with Crippen LogP contribution in [-0.2, 0) is 29.0 Å². The predicted molar refractivity (Wildman–Crippen MR) is 114 cm³/mol. The maximum absolute atomic E-state index is 12.4. The second kappa shape index (κ2) is 7.93. The van der Waals surface area contributed by atoms with Crippen molar-refractivity contribution in [3.05, 3.63) is 71.5 Å². The van der Waals surface area contributed by atoms with E-state index in [1.165, 1.54) is 27.5 Å². The molecule has 3 heterocycles. The lowest BCUT2D eigenvalue weighted by molar-refractivity contribution is -0.124. The summed E-state index contributed by atoms with van der Waals surface area (Å²) in [7, 11) is 0. The second-order valence-electron chi connectivity index (χ2n) is 7.95. The number of hydrogen-bond donors (Lipinski definition) is 1. The number of aromatic nitrogens is 1. The third-order valence-electron chi connectivity index (χ3n) is 5.95. The summed E-state index contributed by atoms with van der Waals surface area (Å²) in [4.78, 5) is 19.1. The lowest BCUT2D eigenvalue weighted by atomic mass is 9.98. The van der Waals surface area contributed by atoms with E-state index in [9.17, 15) is 4.79 Å². The highest BCUT2D eigenvalue weighted by molar-refractivity contribution is 5.94. The Bertz CT molecular complexity index is 1040. The Morgan fingerprint density at radius 1 is 1.21 bits per heavy atom. The fourth-order valence-corrected chi connectivity index (χ4v) is 4.40. The van der Waals surface area contributed by atoms with Crippen molar-refractivity contribution in [2.45, 2.75) is 38.5 Å². The fraction of sp³-hybridized carbons (Fsp3) is 0.333. The molecule has 148 valence electrons. The standard InChI is InChI=1S/C24H25N3O2/c28-24(23-5-2-12-29-23)26-21-7-6-17-9-11-27(16-20(17)13-21)15-19-4-1-3-18-14-25-10-8-22(18)19/h1,3-4,6-8,10,13-14,23H,2,5,9,11-12,15-16H2,(H,26,28). The van der Waals surface area contributed by atoms with Gasteiger partial charge < -0.3 is 10.1 Å². The molecule has 0 bridgehead atoms. The molecule has 1 atom stereocenters. The molecule has 1 saturated heterocycles. The van der Waals surface area contributed by atoms with Crippen molar-refractivity contribution in [1.29, 1.82) is 0 Å². The minimum absolute atomic E-state index is 0.0283. The molecule has 3 aromatic rings. The van der Waals surface area contributed by atoms with Gasteiger partial charge in [-0.25, -0.2) is 0 Å². The van der Waals surface area contributed by atoms with E-state index in [-0.39, 0.29) is 12.0 Å². The van der Waals surface area contributed by atoms with Crippen LogP contribution in [0.2, 0.25) is 0 Å². The van der Waals surface area contributed by atoms with Crippen molar-refractivity contribution in [2.24, 2.45) is 0 Å². The molecule has 1 fully saturated rings. The van der Waals surface area contributed by atoms with Crippen LogP contribution in [0.3, 0.4) is 0 Å². The molecule has 0 spiro atoms. The number of carbonyl (C=O) groups excluding carboxylic acids is 1. The Balaban J connectivity index is 1.31. The van der Waals surface area contributed by atoms with Gasteiger partial charge in [0.05, 0.1) is 0 Å². The molecule has 2 aromatic carbocycles. The van der Waals surface area contributed by atoms with E-state index >= 15 is 0 Å². The Labute approximate surface area is 170 Å². The Morgan fingerprint density at radius 2 is 2.17 bits per heavy atom. The number of anilines is 1. The van der Waals surface area contributed by atoms with E-state index in [1.54, 1.807) is 0 Å². The highest BCUT2D eigenvalue weighted by Crippen LogP contribution is 2.26. The van der Waals surface area contributed by atoms with Crippen LogP contribution in [0.25, 0.3) is 10.8 Å². The molecule has 1 amide bonds. The number of nitrogens with zero attached hydrogens (tertiary/aromatic N) is 2. The van der Waals surface area contributed by atoms with E-state index in [0.29, 0.717) is 6.61 Å². The van der Waals surface area contributed by atoms with Crippen molar-refractivity contribution in [2.75, 3.05) is 18.5 Å². The number of fused-ring (bicyclic) bond motifs is 2. The summed E-state index contributed by atoms with van der Waals surface area (Å²) >= 11 is 0. The quantitative estimate of drug-likeness (QED) is 0.737. The van der Waals surface area contributed by atoms with Crippen molar-refractivity contribution >= 4 is 22.4 Å². The van der Waals surface area contributed by atoms with E-state index in [0.717, 1.165) is 44.6 Å². The fourth-order valence-electron chi connectivity index (χ4n) is 4.40. The number of hydrogen-bond acceptors (Lipinski definition) is 4. The van der Waals surface area contributed by atoms with Gasteiger partial charge in [-0.3, -0.25) is 14.7 Å². The molecule has 1 unspecified atom stereocenters. The van der Waals surface area contributed by atoms with Crippen LogP contribution < -0.4 is 5.32 Å². The molecule has 1 aromatic heterocycles. The van der Waals surface area contributed by atoms with Gasteiger partial charge in [-0.2, -0.15) is 0 Å². The van der Waals surface area contributed by atoms with Crippen LogP contribution in [0.1, 0.15) is 29.5 Å². The summed E-state index contributed by atoms with van der Waals surface area (Å²) in [6.45, 7) is 3.52. The first-order valence-electron chi connectivity index (χ1n) is 10.3. The maximum atomic E-state index is 12.4. The topological polar surface area (TPSA) is 54.5 Å². The first kappa shape index (κ1) is 18.3. The largest absolute Gasteiger partial charge is 0.368 e. The van der Waals surface area contributed by atoms with Gasteiger partial charge in [-0.15, -0.1) is 0 Å². The zero-order valence-corrected chi connectivity index (χ0v) is 16.4. The monoisotopic (exact) mass is 387 g/mol. The molecular formula is C24H25N3O2. The third-order valence-corrected chi connectivity index (χ3v) is 5.95. The minimum atomic E-state index is -0.302. The van der Waals surface area contributed by atoms with Gasteiger partial charge in [-0.1, -0.05) is 24.3 Å². The van der Waals surface area contributed by atoms with Crippen LogP contribution >= 0.6 is 0 Å². The van der Waals surface area contributed by atoms with Crippen LogP contribution in [0.15, 0.2) is 54.9 Å². The number of pyridine rings is 1. The average molecular weight is 387 g/mol. The molecule has 0 aliphatic carbocycles. The lowest BCUT2D eigenvalue weighted by Gasteiger charge is -2.29. The minimum Gasteiger partial charge on any atom is -0.368 e. The van der Waals surface area contributed by atoms with Gasteiger partial charge in [-0.05, 0) is 59.5 Å². The number of amides is 1. The third kappa shape index (κ3) is 3.88. The number of rotatable bonds is 4. The van der Waals surface area contributed by atoms with Crippen LogP contribution in [0, 0.1) is 0 Å². The summed E-state index contributed by atoms with van der Waals surface area (Å²) in [5.41, 5.74) is 4.86. The van der Waals surface area contributed by atoms with Gasteiger partial charge in [0.1, 0.15) is 6.10 Å². The molecule has 0 saturated carbocycles. The second-order valence-corrected chi connectivity index (χ2v) is 7.95. The molecule has 2 aliphatic heterocycles. The molecule has 1 N–H and O–H groups in total. The number of ether oxygens (including phenoxy) is 1. The zero-order chi connectivity index (χ0) is 19.6. The van der Waals surface area contributed by atoms with Crippen molar-refractivity contribution in [1.82, 2.24) is 9.88 Å². The van der Waals surface area contributed by atoms with Crippen molar-refractivity contribution < 1.29 is 9.53 Å². The molecule has 29 heavy (non-hydrogen) atoms. The number of carbonyl (C=O) groups is 1. The molecule has 5 heteroatoms. The molecule has 0 radical (unpaired) electrons. The van der Waals surface area contributed by atoms with Crippen molar-refractivity contribution in [3.63, 3.8) is 0 Å². The molecule has 5 nitrogen and oxygen atoms in total. The maximum Gasteiger partial charge on any atom is 0.253 e. The summed E-state index contributed by atoms with van der Waals surface area (Å²) in [5.74, 6) is -0.0283. The first-order valence-corrected chi connectivity index (χ1v) is 10.3. The van der Waals surface area contributed by atoms with Gasteiger partial charge >= 0.3 is 0 Å². The van der Waals surface area contributed by atoms with Gasteiger partial charge in [0.15, 0.2) is 0 Å². The predicted octanol–water partition coefficient (Wildman–Crippen LogP) is 3.91. The highest BCUT2D eigenvalue weighted by Gasteiger charge is 2.24. The molecular weight excluding hydrogens is 362 g/mol. The SMILES string of the molecule is O=C(Nc1ccc2c(c1)CN(Cc1cccc3cnccc13)CC2)C1CCCO1. The van der Waals surface area contributed by atoms with E-state index in [4.69, 9.17) is 4.74 Å². The van der Waals surface area contributed by atoms with Gasteiger partial charge in [0.25, 0.3) is 5.91 Å². The van der Waals surface area contributed by atoms with E-state index in [2.05, 4.69) is 51.6 Å². The highest BCUT2D eigenvalue weighted by atomic mass is 16.5.